The molecule has 1 saturated heterocycles. The van der Waals surface area contributed by atoms with Crippen molar-refractivity contribution in [3.05, 3.63) is 71.7 Å². The number of benzene rings is 2. The van der Waals surface area contributed by atoms with Crippen LogP contribution in [0.4, 0.5) is 4.39 Å². The molecule has 1 aliphatic heterocycles. The quantitative estimate of drug-likeness (QED) is 0.481. The second kappa shape index (κ2) is 10.1. The molecule has 4 rings (SSSR count). The Morgan fingerprint density at radius 1 is 1.07 bits per heavy atom. The highest BCUT2D eigenvalue weighted by molar-refractivity contribution is 5.85. The lowest BCUT2D eigenvalue weighted by atomic mass is 9.91. The van der Waals surface area contributed by atoms with Crippen molar-refractivity contribution in [2.24, 2.45) is 5.92 Å². The zero-order chi connectivity index (χ0) is 18.5. The van der Waals surface area contributed by atoms with E-state index in [1.165, 1.54) is 62.5 Å². The number of fused-ring (bicyclic) bond motifs is 1. The zero-order valence-corrected chi connectivity index (χ0v) is 17.2. The highest BCUT2D eigenvalue weighted by Crippen LogP contribution is 2.23. The van der Waals surface area contributed by atoms with Crippen molar-refractivity contribution in [1.82, 2.24) is 9.88 Å². The van der Waals surface area contributed by atoms with Crippen LogP contribution in [0.25, 0.3) is 10.9 Å². The van der Waals surface area contributed by atoms with Crippen LogP contribution in [-0.4, -0.2) is 29.5 Å². The first-order valence-electron chi connectivity index (χ1n) is 10.3. The largest absolute Gasteiger partial charge is 0.361 e. The van der Waals surface area contributed by atoms with Crippen molar-refractivity contribution in [1.29, 1.82) is 0 Å². The van der Waals surface area contributed by atoms with Gasteiger partial charge in [-0.3, -0.25) is 0 Å². The van der Waals surface area contributed by atoms with Gasteiger partial charge in [0.2, 0.25) is 0 Å². The summed E-state index contributed by atoms with van der Waals surface area (Å²) in [6, 6.07) is 15.9. The van der Waals surface area contributed by atoms with E-state index in [2.05, 4.69) is 40.2 Å². The number of nitrogens with zero attached hydrogens (tertiary/aromatic N) is 1. The zero-order valence-electron chi connectivity index (χ0n) is 16.4. The number of aromatic amines is 1. The number of likely N-dealkylation sites (tertiary alicyclic amines) is 1. The number of hydrogen-bond donors (Lipinski definition) is 1. The number of unbranched alkanes of at least 4 members (excludes halogenated alkanes) is 1. The summed E-state index contributed by atoms with van der Waals surface area (Å²) in [7, 11) is 0. The van der Waals surface area contributed by atoms with E-state index < -0.39 is 0 Å². The standard InChI is InChI=1S/C24H29FN2.ClH/c25-22-11-12-24-23(16-22)21(17-26-24)10-4-5-13-27-14-6-9-20(18-27)15-19-7-2-1-3-8-19;/h1-3,7-8,11-12,16-17,20,26H,4-6,9-10,13-15,18H2;1H/t20-;/m0./s1. The Kier molecular flexibility index (Phi) is 7.52. The minimum Gasteiger partial charge on any atom is -0.361 e. The summed E-state index contributed by atoms with van der Waals surface area (Å²) in [6.45, 7) is 3.65. The Hall–Kier alpha value is -1.84. The van der Waals surface area contributed by atoms with Gasteiger partial charge in [-0.1, -0.05) is 30.3 Å². The van der Waals surface area contributed by atoms with Crippen LogP contribution in [0.3, 0.4) is 0 Å². The molecule has 1 aromatic heterocycles. The monoisotopic (exact) mass is 400 g/mol. The van der Waals surface area contributed by atoms with Gasteiger partial charge < -0.3 is 9.88 Å². The van der Waals surface area contributed by atoms with Crippen molar-refractivity contribution in [2.45, 2.75) is 38.5 Å². The van der Waals surface area contributed by atoms with Gasteiger partial charge in [0.25, 0.3) is 0 Å². The number of aryl methyl sites for hydroxylation is 1. The first-order chi connectivity index (χ1) is 13.3. The van der Waals surface area contributed by atoms with E-state index in [1.807, 2.05) is 12.3 Å². The average molecular weight is 401 g/mol. The molecule has 1 fully saturated rings. The van der Waals surface area contributed by atoms with Gasteiger partial charge in [-0.15, -0.1) is 12.4 Å². The lowest BCUT2D eigenvalue weighted by Gasteiger charge is -2.32. The summed E-state index contributed by atoms with van der Waals surface area (Å²) < 4.78 is 13.5. The lowest BCUT2D eigenvalue weighted by Crippen LogP contribution is -2.36. The van der Waals surface area contributed by atoms with E-state index in [1.54, 1.807) is 6.07 Å². The van der Waals surface area contributed by atoms with Gasteiger partial charge in [0.1, 0.15) is 5.82 Å². The van der Waals surface area contributed by atoms with Crippen LogP contribution in [-0.2, 0) is 12.8 Å². The van der Waals surface area contributed by atoms with Crippen LogP contribution >= 0.6 is 12.4 Å². The van der Waals surface area contributed by atoms with Crippen molar-refractivity contribution in [3.8, 4) is 0 Å². The van der Waals surface area contributed by atoms with Gasteiger partial charge in [0.05, 0.1) is 0 Å². The number of aromatic nitrogens is 1. The molecular weight excluding hydrogens is 371 g/mol. The van der Waals surface area contributed by atoms with Gasteiger partial charge in [0, 0.05) is 23.6 Å². The molecule has 0 amide bonds. The smallest absolute Gasteiger partial charge is 0.123 e. The highest BCUT2D eigenvalue weighted by atomic mass is 35.5. The van der Waals surface area contributed by atoms with Crippen LogP contribution in [0.15, 0.2) is 54.7 Å². The fourth-order valence-electron chi connectivity index (χ4n) is 4.48. The molecule has 3 aromatic rings. The molecule has 1 aliphatic rings. The van der Waals surface area contributed by atoms with Gasteiger partial charge in [-0.25, -0.2) is 4.39 Å². The summed E-state index contributed by atoms with van der Waals surface area (Å²) in [6.07, 6.45) is 9.30. The first kappa shape index (κ1) is 20.9. The van der Waals surface area contributed by atoms with Crippen molar-refractivity contribution >= 4 is 23.3 Å². The van der Waals surface area contributed by atoms with Crippen LogP contribution < -0.4 is 0 Å². The molecule has 150 valence electrons. The number of H-pyrrole nitrogens is 1. The Labute approximate surface area is 173 Å². The van der Waals surface area contributed by atoms with E-state index in [4.69, 9.17) is 0 Å². The Morgan fingerprint density at radius 3 is 2.79 bits per heavy atom. The average Bonchev–Trinajstić information content (AvgIpc) is 3.08. The minimum atomic E-state index is -0.152. The number of halogens is 2. The molecule has 0 aliphatic carbocycles. The number of hydrogen-bond acceptors (Lipinski definition) is 1. The number of nitrogens with one attached hydrogen (secondary N) is 1. The Bertz CT molecular complexity index is 861. The van der Waals surface area contributed by atoms with E-state index in [9.17, 15) is 4.39 Å². The lowest BCUT2D eigenvalue weighted by molar-refractivity contribution is 0.171. The van der Waals surface area contributed by atoms with Gasteiger partial charge in [-0.2, -0.15) is 0 Å². The summed E-state index contributed by atoms with van der Waals surface area (Å²) in [5.41, 5.74) is 3.74. The maximum Gasteiger partial charge on any atom is 0.123 e. The third-order valence-electron chi connectivity index (χ3n) is 5.87. The second-order valence-electron chi connectivity index (χ2n) is 7.96. The molecule has 0 unspecified atom stereocenters. The maximum atomic E-state index is 13.5. The van der Waals surface area contributed by atoms with E-state index >= 15 is 0 Å². The van der Waals surface area contributed by atoms with E-state index in [0.717, 1.165) is 29.7 Å². The SMILES string of the molecule is Cl.Fc1ccc2[nH]cc(CCCCN3CCC[C@@H](Cc4ccccc4)C3)c2c1. The van der Waals surface area contributed by atoms with Crippen LogP contribution in [0.5, 0.6) is 0 Å². The normalized spacial score (nSPS) is 17.5. The van der Waals surface area contributed by atoms with Crippen LogP contribution in [0.1, 0.15) is 36.8 Å². The van der Waals surface area contributed by atoms with Crippen LogP contribution in [0, 0.1) is 11.7 Å². The van der Waals surface area contributed by atoms with Crippen LogP contribution in [0.2, 0.25) is 0 Å². The number of piperidine rings is 1. The molecule has 0 spiro atoms. The second-order valence-corrected chi connectivity index (χ2v) is 7.96. The molecule has 2 aromatic carbocycles. The third kappa shape index (κ3) is 5.36. The molecule has 1 N–H and O–H groups in total. The maximum absolute atomic E-state index is 13.5. The fourth-order valence-corrected chi connectivity index (χ4v) is 4.48. The summed E-state index contributed by atoms with van der Waals surface area (Å²) in [4.78, 5) is 5.90. The third-order valence-corrected chi connectivity index (χ3v) is 5.87. The van der Waals surface area contributed by atoms with Gasteiger partial charge in [0.15, 0.2) is 0 Å². The summed E-state index contributed by atoms with van der Waals surface area (Å²) >= 11 is 0. The molecular formula is C24H30ClFN2. The van der Waals surface area contributed by atoms with Gasteiger partial charge in [-0.05, 0) is 86.9 Å². The van der Waals surface area contributed by atoms with Crippen molar-refractivity contribution in [3.63, 3.8) is 0 Å². The molecule has 0 saturated carbocycles. The highest BCUT2D eigenvalue weighted by Gasteiger charge is 2.19. The fraction of sp³-hybridized carbons (Fsp3) is 0.417. The predicted molar refractivity (Wildman–Crippen MR) is 118 cm³/mol. The molecule has 28 heavy (non-hydrogen) atoms. The predicted octanol–water partition coefficient (Wildman–Crippen LogP) is 6.01. The first-order valence-corrected chi connectivity index (χ1v) is 10.3. The molecule has 2 heterocycles. The van der Waals surface area contributed by atoms with E-state index in [0.29, 0.717) is 0 Å². The molecule has 1 atom stereocenters. The topological polar surface area (TPSA) is 19.0 Å². The summed E-state index contributed by atoms with van der Waals surface area (Å²) in [5.74, 6) is 0.638. The van der Waals surface area contributed by atoms with E-state index in [-0.39, 0.29) is 18.2 Å². The number of rotatable bonds is 7. The molecule has 4 heteroatoms. The van der Waals surface area contributed by atoms with Gasteiger partial charge >= 0.3 is 0 Å². The van der Waals surface area contributed by atoms with Crippen molar-refractivity contribution in [2.75, 3.05) is 19.6 Å². The Morgan fingerprint density at radius 2 is 1.93 bits per heavy atom. The summed E-state index contributed by atoms with van der Waals surface area (Å²) in [5, 5.41) is 1.04. The minimum absolute atomic E-state index is 0. The van der Waals surface area contributed by atoms with Crippen molar-refractivity contribution < 1.29 is 4.39 Å². The Balaban J connectivity index is 0.00000225. The molecule has 0 radical (unpaired) electrons. The molecule has 2 nitrogen and oxygen atoms in total. The molecule has 0 bridgehead atoms.